The number of thioether (sulfide) groups is 1. The Balaban J connectivity index is 1.51. The Morgan fingerprint density at radius 1 is 1.06 bits per heavy atom. The van der Waals surface area contributed by atoms with Gasteiger partial charge in [-0.3, -0.25) is 4.57 Å². The lowest BCUT2D eigenvalue weighted by Gasteiger charge is -2.25. The molecule has 2 aromatic carbocycles. The molecule has 0 aliphatic heterocycles. The van der Waals surface area contributed by atoms with E-state index in [0.717, 1.165) is 57.2 Å². The molecule has 1 fully saturated rings. The van der Waals surface area contributed by atoms with Crippen molar-refractivity contribution < 1.29 is 9.15 Å². The summed E-state index contributed by atoms with van der Waals surface area (Å²) < 4.78 is 13.2. The lowest BCUT2D eigenvalue weighted by molar-refractivity contribution is 0.339. The fourth-order valence-electron chi connectivity index (χ4n) is 4.77. The number of benzene rings is 2. The Hall–Kier alpha value is -3.06. The summed E-state index contributed by atoms with van der Waals surface area (Å²) >= 11 is 1.63. The van der Waals surface area contributed by atoms with E-state index in [9.17, 15) is 4.79 Å². The number of rotatable bonds is 6. The van der Waals surface area contributed by atoms with E-state index >= 15 is 0 Å². The maximum atomic E-state index is 12.3. The molecule has 2 aromatic heterocycles. The fraction of sp³-hybridized carbons (Fsp3) is 0.370. The molecule has 0 radical (unpaired) electrons. The zero-order valence-corrected chi connectivity index (χ0v) is 20.7. The number of fused-ring (bicyclic) bond motifs is 1. The fourth-order valence-corrected chi connectivity index (χ4v) is 5.76. The molecule has 0 bridgehead atoms. The first-order valence-electron chi connectivity index (χ1n) is 11.8. The van der Waals surface area contributed by atoms with Crippen LogP contribution in [0, 0.1) is 13.8 Å². The van der Waals surface area contributed by atoms with Gasteiger partial charge in [-0.25, -0.2) is 4.79 Å². The highest BCUT2D eigenvalue weighted by Gasteiger charge is 2.24. The van der Waals surface area contributed by atoms with Crippen molar-refractivity contribution in [3.8, 4) is 17.1 Å². The van der Waals surface area contributed by atoms with Crippen molar-refractivity contribution >= 4 is 22.7 Å². The van der Waals surface area contributed by atoms with Crippen LogP contribution in [0.25, 0.3) is 22.4 Å². The van der Waals surface area contributed by atoms with Gasteiger partial charge in [0.15, 0.2) is 11.0 Å². The van der Waals surface area contributed by atoms with Crippen LogP contribution in [-0.4, -0.2) is 21.9 Å². The monoisotopic (exact) mass is 475 g/mol. The summed E-state index contributed by atoms with van der Waals surface area (Å²) in [4.78, 5) is 12.3. The number of methoxy groups -OCH3 is 1. The lowest BCUT2D eigenvalue weighted by atomic mass is 9.95. The van der Waals surface area contributed by atoms with Gasteiger partial charge in [0.05, 0.1) is 7.11 Å². The highest BCUT2D eigenvalue weighted by Crippen LogP contribution is 2.37. The molecule has 7 heteroatoms. The van der Waals surface area contributed by atoms with Crippen molar-refractivity contribution in [3.63, 3.8) is 0 Å². The van der Waals surface area contributed by atoms with Crippen LogP contribution in [-0.2, 0) is 5.75 Å². The van der Waals surface area contributed by atoms with Crippen LogP contribution in [0.15, 0.2) is 56.8 Å². The van der Waals surface area contributed by atoms with E-state index in [0.29, 0.717) is 17.4 Å². The molecule has 0 unspecified atom stereocenters. The molecular formula is C27H29N3O3S. The Bertz CT molecular complexity index is 1370. The molecule has 6 nitrogen and oxygen atoms in total. The largest absolute Gasteiger partial charge is 0.497 e. The molecule has 4 aromatic rings. The van der Waals surface area contributed by atoms with Gasteiger partial charge in [-0.05, 0) is 67.6 Å². The predicted octanol–water partition coefficient (Wildman–Crippen LogP) is 6.47. The minimum atomic E-state index is -0.315. The predicted molar refractivity (Wildman–Crippen MR) is 136 cm³/mol. The van der Waals surface area contributed by atoms with Crippen LogP contribution in [0.2, 0.25) is 0 Å². The molecule has 5 rings (SSSR count). The summed E-state index contributed by atoms with van der Waals surface area (Å²) in [6.07, 6.45) is 5.98. The van der Waals surface area contributed by atoms with Crippen molar-refractivity contribution in [2.24, 2.45) is 0 Å². The molecule has 34 heavy (non-hydrogen) atoms. The molecule has 2 heterocycles. The van der Waals surface area contributed by atoms with E-state index in [1.165, 1.54) is 19.3 Å². The maximum Gasteiger partial charge on any atom is 0.336 e. The topological polar surface area (TPSA) is 70.2 Å². The number of aromatic nitrogens is 3. The molecule has 0 spiro atoms. The number of aryl methyl sites for hydroxylation is 2. The van der Waals surface area contributed by atoms with Crippen molar-refractivity contribution in [1.29, 1.82) is 0 Å². The minimum Gasteiger partial charge on any atom is -0.497 e. The van der Waals surface area contributed by atoms with Crippen molar-refractivity contribution in [2.45, 2.75) is 62.9 Å². The summed E-state index contributed by atoms with van der Waals surface area (Å²) in [6.45, 7) is 4.03. The number of nitrogens with zero attached hydrogens (tertiary/aromatic N) is 3. The van der Waals surface area contributed by atoms with Gasteiger partial charge in [0.25, 0.3) is 0 Å². The van der Waals surface area contributed by atoms with Crippen LogP contribution in [0.1, 0.15) is 54.8 Å². The second-order valence-electron chi connectivity index (χ2n) is 8.96. The van der Waals surface area contributed by atoms with E-state index in [2.05, 4.69) is 20.8 Å². The lowest BCUT2D eigenvalue weighted by Crippen LogP contribution is -2.15. The van der Waals surface area contributed by atoms with Crippen LogP contribution < -0.4 is 10.4 Å². The average molecular weight is 476 g/mol. The van der Waals surface area contributed by atoms with Gasteiger partial charge >= 0.3 is 5.63 Å². The average Bonchev–Trinajstić information content (AvgIpc) is 3.29. The second kappa shape index (κ2) is 9.66. The summed E-state index contributed by atoms with van der Waals surface area (Å²) in [5, 5.41) is 11.1. The van der Waals surface area contributed by atoms with Crippen molar-refractivity contribution in [1.82, 2.24) is 14.8 Å². The van der Waals surface area contributed by atoms with Gasteiger partial charge in [-0.2, -0.15) is 0 Å². The molecule has 1 saturated carbocycles. The molecule has 0 amide bonds. The molecule has 0 saturated heterocycles. The molecule has 0 N–H and O–H groups in total. The Morgan fingerprint density at radius 3 is 2.56 bits per heavy atom. The minimum absolute atomic E-state index is 0.315. The Kier molecular flexibility index (Phi) is 6.46. The van der Waals surface area contributed by atoms with Gasteiger partial charge in [0.1, 0.15) is 11.3 Å². The van der Waals surface area contributed by atoms with Gasteiger partial charge in [0, 0.05) is 28.8 Å². The van der Waals surface area contributed by atoms with E-state index in [1.54, 1.807) is 24.9 Å². The van der Waals surface area contributed by atoms with E-state index < -0.39 is 0 Å². The molecule has 1 aliphatic rings. The third-order valence-corrected chi connectivity index (χ3v) is 7.82. The van der Waals surface area contributed by atoms with Crippen LogP contribution in [0.5, 0.6) is 5.75 Å². The van der Waals surface area contributed by atoms with E-state index in [-0.39, 0.29) is 5.63 Å². The van der Waals surface area contributed by atoms with Gasteiger partial charge in [-0.1, -0.05) is 43.2 Å². The molecular weight excluding hydrogens is 446 g/mol. The van der Waals surface area contributed by atoms with Gasteiger partial charge in [-0.15, -0.1) is 10.2 Å². The SMILES string of the molecule is COc1ccc(-c2nnc(SCc3cc(=O)oc4c(C)c(C)ccc34)n2C2CCCCC2)cc1. The highest BCUT2D eigenvalue weighted by atomic mass is 32.2. The summed E-state index contributed by atoms with van der Waals surface area (Å²) in [6, 6.07) is 14.1. The quantitative estimate of drug-likeness (QED) is 0.235. The smallest absolute Gasteiger partial charge is 0.336 e. The van der Waals surface area contributed by atoms with Gasteiger partial charge < -0.3 is 9.15 Å². The first kappa shape index (κ1) is 22.7. The normalized spacial score (nSPS) is 14.6. The van der Waals surface area contributed by atoms with Gasteiger partial charge in [0.2, 0.25) is 0 Å². The van der Waals surface area contributed by atoms with Crippen molar-refractivity contribution in [2.75, 3.05) is 7.11 Å². The Labute approximate surface area is 203 Å². The first-order valence-corrected chi connectivity index (χ1v) is 12.8. The maximum absolute atomic E-state index is 12.3. The summed E-state index contributed by atoms with van der Waals surface area (Å²) in [5.74, 6) is 2.33. The standard InChI is InChI=1S/C27H29N3O3S/c1-17-9-14-23-20(15-24(31)33-25(23)18(17)2)16-34-27-29-28-26(19-10-12-22(32-3)13-11-19)30(27)21-7-5-4-6-8-21/h9-15,21H,4-8,16H2,1-3H3. The highest BCUT2D eigenvalue weighted by molar-refractivity contribution is 7.98. The zero-order chi connectivity index (χ0) is 23.7. The zero-order valence-electron chi connectivity index (χ0n) is 19.8. The molecule has 0 atom stereocenters. The van der Waals surface area contributed by atoms with Crippen LogP contribution in [0.3, 0.4) is 0 Å². The van der Waals surface area contributed by atoms with E-state index in [4.69, 9.17) is 9.15 Å². The first-order chi connectivity index (χ1) is 16.5. The van der Waals surface area contributed by atoms with E-state index in [1.807, 2.05) is 44.2 Å². The number of hydrogen-bond acceptors (Lipinski definition) is 6. The third kappa shape index (κ3) is 4.37. The number of ether oxygens (including phenoxy) is 1. The van der Waals surface area contributed by atoms with Crippen molar-refractivity contribution in [3.05, 3.63) is 69.6 Å². The van der Waals surface area contributed by atoms with Crippen LogP contribution in [0.4, 0.5) is 0 Å². The summed E-state index contributed by atoms with van der Waals surface area (Å²) in [5.41, 5.74) is 4.47. The number of hydrogen-bond donors (Lipinski definition) is 0. The second-order valence-corrected chi connectivity index (χ2v) is 9.90. The Morgan fingerprint density at radius 2 is 1.82 bits per heavy atom. The molecule has 1 aliphatic carbocycles. The van der Waals surface area contributed by atoms with Crippen LogP contribution >= 0.6 is 11.8 Å². The summed E-state index contributed by atoms with van der Waals surface area (Å²) in [7, 11) is 1.67. The molecule has 176 valence electrons. The third-order valence-electron chi connectivity index (χ3n) is 6.83.